The Kier molecular flexibility index (Phi) is 18.1. The van der Waals surface area contributed by atoms with Crippen LogP contribution in [0.15, 0.2) is 453 Å². The summed E-state index contributed by atoms with van der Waals surface area (Å²) >= 11 is 1.88. The van der Waals surface area contributed by atoms with Gasteiger partial charge < -0.3 is 4.42 Å². The van der Waals surface area contributed by atoms with E-state index in [1.54, 1.807) is 0 Å². The van der Waals surface area contributed by atoms with Gasteiger partial charge in [-0.1, -0.05) is 400 Å². The van der Waals surface area contributed by atoms with Gasteiger partial charge in [-0.2, -0.15) is 0 Å². The summed E-state index contributed by atoms with van der Waals surface area (Å²) in [6.07, 6.45) is 0. The number of benzene rings is 18. The Hall–Kier alpha value is -16.0. The van der Waals surface area contributed by atoms with E-state index < -0.39 is 10.8 Å². The average molecular weight is 1600 g/mol. The number of thiophene rings is 1. The Morgan fingerprint density at radius 3 is 0.855 bits per heavy atom. The van der Waals surface area contributed by atoms with Crippen molar-refractivity contribution in [1.82, 2.24) is 29.9 Å². The topological polar surface area (TPSA) is 90.5 Å². The number of aromatic nitrogens is 6. The first-order chi connectivity index (χ1) is 61.4. The van der Waals surface area contributed by atoms with Crippen LogP contribution in [0.25, 0.3) is 177 Å². The molecule has 24 rings (SSSR count). The summed E-state index contributed by atoms with van der Waals surface area (Å²) < 4.78 is 9.36. The first kappa shape index (κ1) is 73.2. The van der Waals surface area contributed by atoms with Gasteiger partial charge in [0, 0.05) is 64.3 Å². The monoisotopic (exact) mass is 1600 g/mol. The Morgan fingerprint density at radius 2 is 0.427 bits per heavy atom. The maximum atomic E-state index is 6.78. The lowest BCUT2D eigenvalue weighted by Crippen LogP contribution is -2.28. The molecular weight excluding hydrogens is 1530 g/mol. The van der Waals surface area contributed by atoms with Crippen molar-refractivity contribution >= 4 is 53.4 Å². The highest BCUT2D eigenvalue weighted by Gasteiger charge is 2.48. The van der Waals surface area contributed by atoms with Gasteiger partial charge >= 0.3 is 0 Å². The summed E-state index contributed by atoms with van der Waals surface area (Å²) in [5.74, 6) is 3.83. The fourth-order valence-electron chi connectivity index (χ4n) is 19.1. The number of fused-ring (bicyclic) bond motifs is 12. The van der Waals surface area contributed by atoms with Crippen molar-refractivity contribution in [1.29, 1.82) is 0 Å². The van der Waals surface area contributed by atoms with Crippen LogP contribution in [0.4, 0.5) is 0 Å². The molecule has 0 bridgehead atoms. The first-order valence-corrected chi connectivity index (χ1v) is 42.8. The molecule has 4 aromatic heterocycles. The van der Waals surface area contributed by atoms with Crippen molar-refractivity contribution < 1.29 is 4.42 Å². The van der Waals surface area contributed by atoms with E-state index in [2.05, 4.69) is 352 Å². The normalized spacial score (nSPS) is 12.6. The van der Waals surface area contributed by atoms with Gasteiger partial charge in [0.05, 0.1) is 10.8 Å². The summed E-state index contributed by atoms with van der Waals surface area (Å²) in [5, 5.41) is 4.77. The minimum absolute atomic E-state index is 0.417. The van der Waals surface area contributed by atoms with Crippen LogP contribution in [-0.2, 0) is 10.8 Å². The van der Waals surface area contributed by atoms with Crippen molar-refractivity contribution in [3.05, 3.63) is 493 Å². The van der Waals surface area contributed by atoms with Gasteiger partial charge in [0.25, 0.3) is 0 Å². The van der Waals surface area contributed by atoms with Crippen LogP contribution in [0.3, 0.4) is 0 Å². The summed E-state index contributed by atoms with van der Waals surface area (Å²) in [5.41, 5.74) is 30.9. The maximum absolute atomic E-state index is 6.78. The second-order valence-corrected chi connectivity index (χ2v) is 32.9. The second kappa shape index (κ2) is 30.7. The Bertz CT molecular complexity index is 7700. The van der Waals surface area contributed by atoms with Crippen molar-refractivity contribution in [3.63, 3.8) is 0 Å². The SMILES string of the molecule is c1ccc(-c2cccc(-c3nc(-c4ccccc4)nc(-c4ccc(-c5ccc6c(c5)oc5cc(C7(c8ccccc8)c8ccccc8-c8ccccc87)ccc56)cc4)n3)c2)cc1.c1ccc(-c2nc(-c3ccccc3)nc(-c3cccc(-c4cccc(-c5ccc6c(c5)sc5cc(C7(c8ccccc8)c8ccccc8-c8ccccc87)ccc56)c4)c3)n2)cc1. The lowest BCUT2D eigenvalue weighted by atomic mass is 9.67. The van der Waals surface area contributed by atoms with Crippen LogP contribution in [-0.4, -0.2) is 29.9 Å². The van der Waals surface area contributed by atoms with Gasteiger partial charge in [-0.15, -0.1) is 11.3 Å². The van der Waals surface area contributed by atoms with Gasteiger partial charge in [0.2, 0.25) is 0 Å². The zero-order chi connectivity index (χ0) is 82.1. The lowest BCUT2D eigenvalue weighted by Gasteiger charge is -2.33. The van der Waals surface area contributed by atoms with Crippen molar-refractivity contribution in [2.45, 2.75) is 10.8 Å². The molecule has 22 aromatic rings. The predicted molar refractivity (Wildman–Crippen MR) is 509 cm³/mol. The highest BCUT2D eigenvalue weighted by Crippen LogP contribution is 2.59. The Morgan fingerprint density at radius 1 is 0.169 bits per heavy atom. The highest BCUT2D eigenvalue weighted by molar-refractivity contribution is 7.25. The molecule has 2 aliphatic rings. The summed E-state index contributed by atoms with van der Waals surface area (Å²) in [4.78, 5) is 29.9. The highest BCUT2D eigenvalue weighted by atomic mass is 32.1. The quantitative estimate of drug-likeness (QED) is 0.107. The molecule has 0 radical (unpaired) electrons. The lowest BCUT2D eigenvalue weighted by molar-refractivity contribution is 0.666. The van der Waals surface area contributed by atoms with Crippen LogP contribution in [0.5, 0.6) is 0 Å². The average Bonchev–Trinajstić information content (AvgIpc) is 1.54. The van der Waals surface area contributed by atoms with E-state index in [0.29, 0.717) is 34.9 Å². The minimum Gasteiger partial charge on any atom is -0.456 e. The molecule has 0 atom stereocenters. The van der Waals surface area contributed by atoms with E-state index >= 15 is 0 Å². The molecule has 0 saturated carbocycles. The predicted octanol–water partition coefficient (Wildman–Crippen LogP) is 29.4. The molecule has 0 N–H and O–H groups in total. The molecule has 0 saturated heterocycles. The summed E-state index contributed by atoms with van der Waals surface area (Å²) in [7, 11) is 0. The minimum atomic E-state index is -0.484. The molecule has 0 spiro atoms. The third-order valence-corrected chi connectivity index (χ3v) is 26.0. The number of hydrogen-bond acceptors (Lipinski definition) is 8. The molecule has 4 heterocycles. The number of hydrogen-bond donors (Lipinski definition) is 0. The fraction of sp³-hybridized carbons (Fsp3) is 0.0172. The molecule has 580 valence electrons. The molecule has 0 unspecified atom stereocenters. The van der Waals surface area contributed by atoms with E-state index in [-0.39, 0.29) is 0 Å². The zero-order valence-electron chi connectivity index (χ0n) is 67.2. The third-order valence-electron chi connectivity index (χ3n) is 24.9. The molecule has 8 heteroatoms. The van der Waals surface area contributed by atoms with Crippen LogP contribution in [0.2, 0.25) is 0 Å². The van der Waals surface area contributed by atoms with Crippen LogP contribution >= 0.6 is 11.3 Å². The summed E-state index contributed by atoms with van der Waals surface area (Å²) in [6.45, 7) is 0. The molecule has 124 heavy (non-hydrogen) atoms. The van der Waals surface area contributed by atoms with Crippen LogP contribution in [0.1, 0.15) is 44.5 Å². The van der Waals surface area contributed by atoms with E-state index in [4.69, 9.17) is 34.3 Å². The smallest absolute Gasteiger partial charge is 0.164 e. The van der Waals surface area contributed by atoms with E-state index in [1.165, 1.54) is 98.1 Å². The molecule has 0 amide bonds. The van der Waals surface area contributed by atoms with Gasteiger partial charge in [-0.05, 0) is 160 Å². The number of nitrogens with zero attached hydrogens (tertiary/aromatic N) is 6. The number of furan rings is 1. The van der Waals surface area contributed by atoms with E-state index in [1.807, 2.05) is 108 Å². The number of rotatable bonds is 14. The first-order valence-electron chi connectivity index (χ1n) is 42.0. The largest absolute Gasteiger partial charge is 0.456 e. The second-order valence-electron chi connectivity index (χ2n) is 31.9. The van der Waals surface area contributed by atoms with Gasteiger partial charge in [0.1, 0.15) is 11.2 Å². The molecule has 0 fully saturated rings. The van der Waals surface area contributed by atoms with Gasteiger partial charge in [-0.25, -0.2) is 29.9 Å². The van der Waals surface area contributed by atoms with Gasteiger partial charge in [0.15, 0.2) is 34.9 Å². The Balaban J connectivity index is 0.000000143. The summed E-state index contributed by atoms with van der Waals surface area (Å²) in [6, 6.07) is 160. The van der Waals surface area contributed by atoms with Crippen LogP contribution < -0.4 is 0 Å². The van der Waals surface area contributed by atoms with Crippen LogP contribution in [0, 0.1) is 0 Å². The van der Waals surface area contributed by atoms with Crippen molar-refractivity contribution in [2.24, 2.45) is 0 Å². The third kappa shape index (κ3) is 12.6. The standard InChI is InChI=1S/C58H37N3O.C58H37N3S/c1-4-15-38(16-5-1)42-19-14-20-44(35-42)57-60-55(40-17-6-2-7-18-40)59-56(61-57)41-29-27-39(28-30-41)43-31-33-49-50-34-32-46(37-54(50)62-53(49)36-43)58(45-21-8-3-9-22-45)51-25-12-10-23-47(51)48-24-11-13-26-52(48)58;1-4-16-38(17-5-1)55-59-56(39-18-6-2-7-19-39)61-57(60-55)44-23-15-22-42(35-44)40-20-14-21-41(34-40)43-30-32-49-50-33-31-46(37-54(50)62-53(49)36-43)58(45-24-8-3-9-25-45)51-28-12-10-26-47(51)48-27-11-13-29-52(48)58/h2*1-37H. The molecular formula is C116H74N6OS. The van der Waals surface area contributed by atoms with Crippen molar-refractivity contribution in [3.8, 4) is 135 Å². The molecule has 2 aliphatic carbocycles. The van der Waals surface area contributed by atoms with Gasteiger partial charge in [-0.3, -0.25) is 0 Å². The zero-order valence-corrected chi connectivity index (χ0v) is 68.0. The molecule has 18 aromatic carbocycles. The van der Waals surface area contributed by atoms with E-state index in [0.717, 1.165) is 88.7 Å². The van der Waals surface area contributed by atoms with Crippen molar-refractivity contribution in [2.75, 3.05) is 0 Å². The molecule has 7 nitrogen and oxygen atoms in total. The molecule has 0 aliphatic heterocycles. The fourth-order valence-corrected chi connectivity index (χ4v) is 20.3. The van der Waals surface area contributed by atoms with E-state index in [9.17, 15) is 0 Å². The maximum Gasteiger partial charge on any atom is 0.164 e. The Labute approximate surface area is 722 Å².